The second kappa shape index (κ2) is 6.04. The van der Waals surface area contributed by atoms with Crippen LogP contribution in [0.25, 0.3) is 21.9 Å². The van der Waals surface area contributed by atoms with Gasteiger partial charge in [-0.1, -0.05) is 52.0 Å². The molecule has 0 aliphatic rings. The van der Waals surface area contributed by atoms with E-state index in [0.717, 1.165) is 15.5 Å². The number of rotatable bonds is 3. The zero-order valence-corrected chi connectivity index (χ0v) is 14.2. The van der Waals surface area contributed by atoms with Crippen LogP contribution in [0.15, 0.2) is 54.9 Å². The Morgan fingerprint density at radius 3 is 2.09 bits per heavy atom. The molecule has 0 amide bonds. The van der Waals surface area contributed by atoms with Gasteiger partial charge in [-0.25, -0.2) is 0 Å². The average Bonchev–Trinajstić information content (AvgIpc) is 2.53. The molecule has 0 fully saturated rings. The number of pyridine rings is 1. The van der Waals surface area contributed by atoms with Crippen molar-refractivity contribution in [2.24, 2.45) is 0 Å². The van der Waals surface area contributed by atoms with Crippen LogP contribution in [0.4, 0.5) is 0 Å². The Labute approximate surface area is 138 Å². The largest absolute Gasteiger partial charge is 0.619 e. The van der Waals surface area contributed by atoms with Gasteiger partial charge in [-0.3, -0.25) is 0 Å². The van der Waals surface area contributed by atoms with Gasteiger partial charge in [-0.05, 0) is 51.6 Å². The van der Waals surface area contributed by atoms with Crippen LogP contribution in [0.5, 0.6) is 0 Å². The van der Waals surface area contributed by atoms with Crippen molar-refractivity contribution in [3.63, 3.8) is 0 Å². The lowest BCUT2D eigenvalue weighted by molar-refractivity contribution is -0.603. The molecular weight excluding hydrogens is 282 g/mol. The topological polar surface area (TPSA) is 26.9 Å². The molecule has 0 saturated carbocycles. The first-order valence-electron chi connectivity index (χ1n) is 8.23. The van der Waals surface area contributed by atoms with Crippen molar-refractivity contribution in [1.82, 2.24) is 0 Å². The predicted octanol–water partition coefficient (Wildman–Crippen LogP) is 5.39. The molecule has 0 bridgehead atoms. The third-order valence-corrected chi connectivity index (χ3v) is 4.42. The molecule has 1 heterocycles. The summed E-state index contributed by atoms with van der Waals surface area (Å²) < 4.78 is 0.851. The molecule has 3 aromatic rings. The molecule has 2 aromatic carbocycles. The minimum atomic E-state index is 0.471. The first kappa shape index (κ1) is 15.5. The molecule has 0 aliphatic carbocycles. The number of fused-ring (bicyclic) bond motifs is 1. The maximum atomic E-state index is 11.4. The Morgan fingerprint density at radius 1 is 0.826 bits per heavy atom. The molecule has 0 spiro atoms. The van der Waals surface area contributed by atoms with Crippen molar-refractivity contribution < 1.29 is 4.73 Å². The second-order valence-electron chi connectivity index (χ2n) is 6.77. The first-order chi connectivity index (χ1) is 11.0. The van der Waals surface area contributed by atoms with Crippen molar-refractivity contribution in [1.29, 1.82) is 0 Å². The highest BCUT2D eigenvalue weighted by Crippen LogP contribution is 2.37. The van der Waals surface area contributed by atoms with Gasteiger partial charge in [0.1, 0.15) is 0 Å². The van der Waals surface area contributed by atoms with E-state index in [9.17, 15) is 5.21 Å². The molecule has 0 radical (unpaired) electrons. The fraction of sp³-hybridized carbons (Fsp3) is 0.286. The second-order valence-corrected chi connectivity index (χ2v) is 6.77. The highest BCUT2D eigenvalue weighted by Gasteiger charge is 2.15. The number of hydrogen-bond acceptors (Lipinski definition) is 1. The van der Waals surface area contributed by atoms with E-state index < -0.39 is 0 Å². The maximum Gasteiger partial charge on any atom is 0.188 e. The van der Waals surface area contributed by atoms with Crippen LogP contribution in [-0.4, -0.2) is 0 Å². The Balaban J connectivity index is 2.26. The maximum absolute atomic E-state index is 11.4. The lowest BCUT2D eigenvalue weighted by Gasteiger charge is -2.20. The molecule has 3 rings (SSSR count). The van der Waals surface area contributed by atoms with Crippen LogP contribution in [0.3, 0.4) is 0 Å². The summed E-state index contributed by atoms with van der Waals surface area (Å²) in [7, 11) is 0. The van der Waals surface area contributed by atoms with Gasteiger partial charge in [0.25, 0.3) is 0 Å². The van der Waals surface area contributed by atoms with Crippen molar-refractivity contribution in [2.45, 2.75) is 39.5 Å². The Hall–Kier alpha value is -2.35. The third-order valence-electron chi connectivity index (χ3n) is 4.42. The van der Waals surface area contributed by atoms with Gasteiger partial charge in [0.2, 0.25) is 0 Å². The van der Waals surface area contributed by atoms with E-state index in [0.29, 0.717) is 11.8 Å². The van der Waals surface area contributed by atoms with Crippen molar-refractivity contribution in [2.75, 3.05) is 0 Å². The minimum Gasteiger partial charge on any atom is -0.619 e. The highest BCUT2D eigenvalue weighted by atomic mass is 16.5. The van der Waals surface area contributed by atoms with Crippen molar-refractivity contribution in [3.8, 4) is 11.1 Å². The van der Waals surface area contributed by atoms with Crippen LogP contribution in [0.2, 0.25) is 0 Å². The van der Waals surface area contributed by atoms with E-state index in [1.54, 1.807) is 12.4 Å². The van der Waals surface area contributed by atoms with Crippen molar-refractivity contribution in [3.05, 3.63) is 71.2 Å². The van der Waals surface area contributed by atoms with E-state index in [4.69, 9.17) is 0 Å². The molecule has 1 aromatic heterocycles. The van der Waals surface area contributed by atoms with Gasteiger partial charge in [-0.15, -0.1) is 0 Å². The van der Waals surface area contributed by atoms with Gasteiger partial charge in [0.05, 0.1) is 0 Å². The van der Waals surface area contributed by atoms with Gasteiger partial charge >= 0.3 is 0 Å². The quantitative estimate of drug-likeness (QED) is 0.471. The molecule has 0 unspecified atom stereocenters. The van der Waals surface area contributed by atoms with Crippen LogP contribution < -0.4 is 4.73 Å². The van der Waals surface area contributed by atoms with Gasteiger partial charge in [-0.2, -0.15) is 4.73 Å². The molecule has 23 heavy (non-hydrogen) atoms. The standard InChI is InChI=1S/C21H23NO/c1-14(2)19-6-5-7-20(15(3)4)21(19)17-8-9-18-13-22(23)11-10-16(18)12-17/h5-15H,1-4H3. The number of benzene rings is 2. The smallest absolute Gasteiger partial charge is 0.188 e. The number of aromatic nitrogens is 1. The van der Waals surface area contributed by atoms with Crippen LogP contribution in [-0.2, 0) is 0 Å². The highest BCUT2D eigenvalue weighted by molar-refractivity contribution is 5.87. The van der Waals surface area contributed by atoms with Crippen LogP contribution in [0, 0.1) is 5.21 Å². The zero-order valence-electron chi connectivity index (χ0n) is 14.2. The Morgan fingerprint density at radius 2 is 1.48 bits per heavy atom. The molecule has 0 saturated heterocycles. The minimum absolute atomic E-state index is 0.471. The number of nitrogens with zero attached hydrogens (tertiary/aromatic N) is 1. The van der Waals surface area contributed by atoms with E-state index in [-0.39, 0.29) is 0 Å². The van der Waals surface area contributed by atoms with E-state index in [2.05, 4.69) is 58.0 Å². The summed E-state index contributed by atoms with van der Waals surface area (Å²) in [6.45, 7) is 8.96. The summed E-state index contributed by atoms with van der Waals surface area (Å²) in [5, 5.41) is 13.5. The van der Waals surface area contributed by atoms with E-state index in [1.165, 1.54) is 22.3 Å². The van der Waals surface area contributed by atoms with Gasteiger partial charge in [0, 0.05) is 11.5 Å². The molecule has 0 atom stereocenters. The van der Waals surface area contributed by atoms with Gasteiger partial charge < -0.3 is 5.21 Å². The lowest BCUT2D eigenvalue weighted by Crippen LogP contribution is -2.23. The zero-order chi connectivity index (χ0) is 16.6. The van der Waals surface area contributed by atoms with Crippen LogP contribution in [0.1, 0.15) is 50.7 Å². The fourth-order valence-corrected chi connectivity index (χ4v) is 3.21. The molecule has 2 nitrogen and oxygen atoms in total. The summed E-state index contributed by atoms with van der Waals surface area (Å²) in [5.41, 5.74) is 5.34. The van der Waals surface area contributed by atoms with Crippen LogP contribution >= 0.6 is 0 Å². The third kappa shape index (κ3) is 2.94. The van der Waals surface area contributed by atoms with E-state index in [1.807, 2.05) is 12.1 Å². The predicted molar refractivity (Wildman–Crippen MR) is 96.5 cm³/mol. The fourth-order valence-electron chi connectivity index (χ4n) is 3.21. The van der Waals surface area contributed by atoms with E-state index >= 15 is 0 Å². The first-order valence-corrected chi connectivity index (χ1v) is 8.23. The summed E-state index contributed by atoms with van der Waals surface area (Å²) in [4.78, 5) is 0. The Bertz CT molecular complexity index is 823. The summed E-state index contributed by atoms with van der Waals surface area (Å²) in [6, 6.07) is 14.9. The normalized spacial score (nSPS) is 11.6. The monoisotopic (exact) mass is 305 g/mol. The summed E-state index contributed by atoms with van der Waals surface area (Å²) >= 11 is 0. The van der Waals surface area contributed by atoms with Gasteiger partial charge in [0.15, 0.2) is 12.4 Å². The molecule has 0 aliphatic heterocycles. The lowest BCUT2D eigenvalue weighted by atomic mass is 9.84. The average molecular weight is 305 g/mol. The van der Waals surface area contributed by atoms with Crippen molar-refractivity contribution >= 4 is 10.8 Å². The summed E-state index contributed by atoms with van der Waals surface area (Å²) in [6.07, 6.45) is 3.18. The summed E-state index contributed by atoms with van der Waals surface area (Å²) in [5.74, 6) is 0.943. The molecular formula is C21H23NO. The molecule has 118 valence electrons. The number of hydrogen-bond donors (Lipinski definition) is 0. The Kier molecular flexibility index (Phi) is 4.08. The molecule has 0 N–H and O–H groups in total. The molecule has 2 heteroatoms. The SMILES string of the molecule is CC(C)c1cccc(C(C)C)c1-c1ccc2c[n+]([O-])ccc2c1.